The molecule has 0 fully saturated rings. The molecule has 0 saturated heterocycles. The first kappa shape index (κ1) is 11.5. The van der Waals surface area contributed by atoms with E-state index in [1.807, 2.05) is 12.3 Å². The fourth-order valence-electron chi connectivity index (χ4n) is 1.40. The molecule has 0 aromatic heterocycles. The summed E-state index contributed by atoms with van der Waals surface area (Å²) in [7, 11) is 0. The number of anilines is 2. The van der Waals surface area contributed by atoms with E-state index in [0.717, 1.165) is 29.0 Å². The topological polar surface area (TPSA) is 52.0 Å². The molecule has 1 aromatic carbocycles. The highest BCUT2D eigenvalue weighted by Gasteiger charge is 2.11. The number of hydrogen-bond donors (Lipinski definition) is 2. The van der Waals surface area contributed by atoms with Gasteiger partial charge in [0.2, 0.25) is 0 Å². The van der Waals surface area contributed by atoms with Crippen LogP contribution < -0.4 is 11.5 Å². The molecule has 4 heteroatoms. The molecule has 2 nitrogen and oxygen atoms in total. The van der Waals surface area contributed by atoms with E-state index in [2.05, 4.69) is 6.92 Å². The summed E-state index contributed by atoms with van der Waals surface area (Å²) in [5, 5.41) is 0.604. The lowest BCUT2D eigenvalue weighted by atomic mass is 10.1. The Morgan fingerprint density at radius 2 is 2.00 bits per heavy atom. The molecule has 1 aromatic rings. The monoisotopic (exact) mass is 230 g/mol. The second kappa shape index (κ2) is 4.80. The predicted octanol–water partition coefficient (Wildman–Crippen LogP) is 3.18. The molecule has 0 heterocycles. The average Bonchev–Trinajstić information content (AvgIpc) is 2.16. The minimum Gasteiger partial charge on any atom is -0.398 e. The number of rotatable bonds is 3. The lowest BCUT2D eigenvalue weighted by Crippen LogP contribution is -2.01. The van der Waals surface area contributed by atoms with Crippen molar-refractivity contribution in [1.29, 1.82) is 0 Å². The lowest BCUT2D eigenvalue weighted by Gasteiger charge is -2.13. The second-order valence-electron chi connectivity index (χ2n) is 3.13. The van der Waals surface area contributed by atoms with E-state index in [1.54, 1.807) is 11.8 Å². The maximum absolute atomic E-state index is 6.01. The number of nitrogen functional groups attached to an aromatic ring is 2. The minimum atomic E-state index is 0.594. The van der Waals surface area contributed by atoms with Crippen LogP contribution in [0.4, 0.5) is 11.4 Å². The van der Waals surface area contributed by atoms with E-state index >= 15 is 0 Å². The van der Waals surface area contributed by atoms with Crippen LogP contribution in [-0.2, 0) is 6.42 Å². The van der Waals surface area contributed by atoms with Crippen molar-refractivity contribution in [3.8, 4) is 0 Å². The molecule has 0 aliphatic heterocycles. The summed E-state index contributed by atoms with van der Waals surface area (Å²) in [4.78, 5) is 0.904. The van der Waals surface area contributed by atoms with Gasteiger partial charge in [-0.05, 0) is 24.3 Å². The molecule has 0 aliphatic carbocycles. The molecule has 0 unspecified atom stereocenters. The van der Waals surface area contributed by atoms with Crippen molar-refractivity contribution in [3.05, 3.63) is 16.7 Å². The Labute approximate surface area is 94.0 Å². The number of benzene rings is 1. The van der Waals surface area contributed by atoms with Gasteiger partial charge in [-0.25, -0.2) is 0 Å². The zero-order valence-electron chi connectivity index (χ0n) is 8.43. The zero-order chi connectivity index (χ0) is 10.7. The van der Waals surface area contributed by atoms with Crippen molar-refractivity contribution < 1.29 is 0 Å². The number of thioether (sulfide) groups is 1. The molecule has 78 valence electrons. The highest BCUT2D eigenvalue weighted by Crippen LogP contribution is 2.37. The summed E-state index contributed by atoms with van der Waals surface area (Å²) in [5.41, 5.74) is 14.3. The van der Waals surface area contributed by atoms with Crippen LogP contribution in [0.5, 0.6) is 0 Å². The Balaban J connectivity index is 3.27. The molecule has 4 N–H and O–H groups in total. The van der Waals surface area contributed by atoms with E-state index < -0.39 is 0 Å². The normalized spacial score (nSPS) is 10.5. The van der Waals surface area contributed by atoms with E-state index in [0.29, 0.717) is 10.7 Å². The smallest absolute Gasteiger partial charge is 0.0662 e. The van der Waals surface area contributed by atoms with Crippen molar-refractivity contribution in [3.63, 3.8) is 0 Å². The Morgan fingerprint density at radius 3 is 2.50 bits per heavy atom. The highest BCUT2D eigenvalue weighted by molar-refractivity contribution is 7.99. The van der Waals surface area contributed by atoms with Gasteiger partial charge >= 0.3 is 0 Å². The van der Waals surface area contributed by atoms with E-state index in [4.69, 9.17) is 23.1 Å². The molecule has 0 atom stereocenters. The fourth-order valence-corrected chi connectivity index (χ4v) is 2.37. The fraction of sp³-hybridized carbons (Fsp3) is 0.400. The highest BCUT2D eigenvalue weighted by atomic mass is 35.5. The van der Waals surface area contributed by atoms with Gasteiger partial charge in [0.1, 0.15) is 0 Å². The van der Waals surface area contributed by atoms with Gasteiger partial charge in [-0.3, -0.25) is 0 Å². The molecule has 1 rings (SSSR count). The van der Waals surface area contributed by atoms with Crippen LogP contribution in [0.3, 0.4) is 0 Å². The van der Waals surface area contributed by atoms with Gasteiger partial charge in [0.15, 0.2) is 0 Å². The van der Waals surface area contributed by atoms with Gasteiger partial charge in [-0.15, -0.1) is 11.8 Å². The standard InChI is InChI=1S/C10H15ClN2S/c1-3-4-6-5-7(11)9(13)10(14-2)8(6)12/h5H,3-4,12-13H2,1-2H3. The van der Waals surface area contributed by atoms with Crippen LogP contribution in [0.2, 0.25) is 5.02 Å². The first-order chi connectivity index (χ1) is 6.61. The van der Waals surface area contributed by atoms with Crippen LogP contribution in [-0.4, -0.2) is 6.26 Å². The largest absolute Gasteiger partial charge is 0.398 e. The van der Waals surface area contributed by atoms with Crippen molar-refractivity contribution in [2.45, 2.75) is 24.7 Å². The van der Waals surface area contributed by atoms with Crippen LogP contribution in [0.15, 0.2) is 11.0 Å². The van der Waals surface area contributed by atoms with Gasteiger partial charge in [0, 0.05) is 0 Å². The molecule has 0 radical (unpaired) electrons. The van der Waals surface area contributed by atoms with E-state index in [1.165, 1.54) is 0 Å². The summed E-state index contributed by atoms with van der Waals surface area (Å²) in [6, 6.07) is 1.87. The molecule has 0 bridgehead atoms. The van der Waals surface area contributed by atoms with E-state index in [9.17, 15) is 0 Å². The van der Waals surface area contributed by atoms with Crippen LogP contribution in [0.1, 0.15) is 18.9 Å². The van der Waals surface area contributed by atoms with Gasteiger partial charge in [0.05, 0.1) is 21.3 Å². The number of nitrogens with two attached hydrogens (primary N) is 2. The van der Waals surface area contributed by atoms with Gasteiger partial charge in [-0.1, -0.05) is 24.9 Å². The molecule has 0 aliphatic rings. The predicted molar refractivity (Wildman–Crippen MR) is 66.1 cm³/mol. The molecular weight excluding hydrogens is 216 g/mol. The summed E-state index contributed by atoms with van der Waals surface area (Å²) in [6.07, 6.45) is 3.95. The summed E-state index contributed by atoms with van der Waals surface area (Å²) < 4.78 is 0. The SMILES string of the molecule is CCCc1cc(Cl)c(N)c(SC)c1N. The van der Waals surface area contributed by atoms with Crippen molar-refractivity contribution in [1.82, 2.24) is 0 Å². The first-order valence-corrected chi connectivity index (χ1v) is 6.12. The van der Waals surface area contributed by atoms with E-state index in [-0.39, 0.29) is 0 Å². The molecule has 0 amide bonds. The average molecular weight is 231 g/mol. The second-order valence-corrected chi connectivity index (χ2v) is 4.35. The summed E-state index contributed by atoms with van der Waals surface area (Å²) in [6.45, 7) is 2.11. The summed E-state index contributed by atoms with van der Waals surface area (Å²) in [5.74, 6) is 0. The van der Waals surface area contributed by atoms with Crippen LogP contribution in [0, 0.1) is 0 Å². The van der Waals surface area contributed by atoms with Crippen molar-refractivity contribution in [2.24, 2.45) is 0 Å². The third-order valence-corrected chi connectivity index (χ3v) is 3.28. The number of aryl methyl sites for hydroxylation is 1. The van der Waals surface area contributed by atoms with Gasteiger partial charge in [-0.2, -0.15) is 0 Å². The van der Waals surface area contributed by atoms with Gasteiger partial charge in [0.25, 0.3) is 0 Å². The number of halogens is 1. The van der Waals surface area contributed by atoms with Crippen LogP contribution >= 0.6 is 23.4 Å². The van der Waals surface area contributed by atoms with Gasteiger partial charge < -0.3 is 11.5 Å². The molecular formula is C10H15ClN2S. The quantitative estimate of drug-likeness (QED) is 0.620. The molecule has 0 saturated carbocycles. The molecule has 0 spiro atoms. The van der Waals surface area contributed by atoms with Crippen LogP contribution in [0.25, 0.3) is 0 Å². The van der Waals surface area contributed by atoms with Crippen molar-refractivity contribution in [2.75, 3.05) is 17.7 Å². The Morgan fingerprint density at radius 1 is 1.36 bits per heavy atom. The zero-order valence-corrected chi connectivity index (χ0v) is 10.0. The third-order valence-electron chi connectivity index (χ3n) is 2.12. The third kappa shape index (κ3) is 2.10. The Bertz CT molecular complexity index is 339. The summed E-state index contributed by atoms with van der Waals surface area (Å²) >= 11 is 7.55. The maximum atomic E-state index is 6.01. The van der Waals surface area contributed by atoms with Crippen molar-refractivity contribution >= 4 is 34.7 Å². The lowest BCUT2D eigenvalue weighted by molar-refractivity contribution is 0.921. The first-order valence-electron chi connectivity index (χ1n) is 4.52. The minimum absolute atomic E-state index is 0.594. The maximum Gasteiger partial charge on any atom is 0.0662 e. The Hall–Kier alpha value is -0.540. The Kier molecular flexibility index (Phi) is 3.96. The number of hydrogen-bond acceptors (Lipinski definition) is 3. The molecule has 14 heavy (non-hydrogen) atoms.